The number of hydrogen-bond donors (Lipinski definition) is 0. The monoisotopic (exact) mass is 298 g/mol. The third-order valence-electron chi connectivity index (χ3n) is 3.59. The molecule has 0 bridgehead atoms. The average Bonchev–Trinajstić information content (AvgIpc) is 2.81. The van der Waals surface area contributed by atoms with Crippen molar-refractivity contribution in [3.8, 4) is 0 Å². The van der Waals surface area contributed by atoms with E-state index >= 15 is 0 Å². The third-order valence-corrected chi connectivity index (χ3v) is 5.19. The number of halogens is 1. The van der Waals surface area contributed by atoms with Gasteiger partial charge in [0.25, 0.3) is 6.01 Å². The van der Waals surface area contributed by atoms with Gasteiger partial charge >= 0.3 is 0 Å². The van der Waals surface area contributed by atoms with Crippen LogP contribution in [0, 0.1) is 5.82 Å². The number of anilines is 1. The van der Waals surface area contributed by atoms with Crippen LogP contribution in [0.25, 0.3) is 11.1 Å². The maximum absolute atomic E-state index is 13.1. The van der Waals surface area contributed by atoms with Crippen molar-refractivity contribution in [3.05, 3.63) is 24.0 Å². The zero-order valence-electron chi connectivity index (χ0n) is 11.0. The van der Waals surface area contributed by atoms with Gasteiger partial charge in [-0.05, 0) is 25.0 Å². The Balaban J connectivity index is 1.90. The number of sulfone groups is 1. The Morgan fingerprint density at radius 2 is 2.25 bits per heavy atom. The Labute approximate surface area is 116 Å². The lowest BCUT2D eigenvalue weighted by molar-refractivity contribution is 0.497. The highest BCUT2D eigenvalue weighted by Gasteiger charge is 2.29. The molecule has 1 aromatic carbocycles. The van der Waals surface area contributed by atoms with E-state index in [0.29, 0.717) is 36.6 Å². The van der Waals surface area contributed by atoms with Crippen LogP contribution in [-0.4, -0.2) is 38.0 Å². The number of benzene rings is 1. The van der Waals surface area contributed by atoms with Gasteiger partial charge in [0, 0.05) is 25.4 Å². The molecule has 1 fully saturated rings. The van der Waals surface area contributed by atoms with Crippen LogP contribution < -0.4 is 4.90 Å². The minimum atomic E-state index is -3.07. The van der Waals surface area contributed by atoms with Gasteiger partial charge in [0.1, 0.15) is 11.3 Å². The fourth-order valence-electron chi connectivity index (χ4n) is 2.49. The normalized spacial score (nSPS) is 20.5. The fraction of sp³-hybridized carbons (Fsp3) is 0.462. The van der Waals surface area contributed by atoms with Crippen LogP contribution in [0.3, 0.4) is 0 Å². The molecule has 2 aromatic rings. The van der Waals surface area contributed by atoms with Crippen molar-refractivity contribution < 1.29 is 17.2 Å². The second kappa shape index (κ2) is 4.73. The van der Waals surface area contributed by atoms with E-state index in [-0.39, 0.29) is 5.82 Å². The maximum atomic E-state index is 13.1. The van der Waals surface area contributed by atoms with Gasteiger partial charge in [-0.15, -0.1) is 0 Å². The smallest absolute Gasteiger partial charge is 0.298 e. The zero-order chi connectivity index (χ0) is 14.3. The summed E-state index contributed by atoms with van der Waals surface area (Å²) >= 11 is 0. The van der Waals surface area contributed by atoms with Crippen LogP contribution in [0.2, 0.25) is 0 Å². The van der Waals surface area contributed by atoms with Gasteiger partial charge in [0.15, 0.2) is 15.4 Å². The van der Waals surface area contributed by atoms with Gasteiger partial charge in [0.2, 0.25) is 0 Å². The summed E-state index contributed by atoms with van der Waals surface area (Å²) in [5.74, 6) is -0.370. The Hall–Kier alpha value is -1.63. The molecule has 0 aliphatic carbocycles. The molecule has 1 aliphatic heterocycles. The van der Waals surface area contributed by atoms with E-state index in [2.05, 4.69) is 4.98 Å². The second-order valence-corrected chi connectivity index (χ2v) is 7.47. The predicted octanol–water partition coefficient (Wildman–Crippen LogP) is 1.98. The average molecular weight is 298 g/mol. The highest BCUT2D eigenvalue weighted by molar-refractivity contribution is 7.91. The first-order chi connectivity index (χ1) is 9.43. The molecule has 0 amide bonds. The van der Waals surface area contributed by atoms with Gasteiger partial charge in [-0.3, -0.25) is 0 Å². The Bertz CT molecular complexity index is 741. The van der Waals surface area contributed by atoms with Crippen LogP contribution in [0.15, 0.2) is 22.6 Å². The number of piperidine rings is 1. The SMILES string of the molecule is CS(=O)(=O)[C@H]1CCCN(c2nc3cc(F)ccc3o2)C1. The topological polar surface area (TPSA) is 63.4 Å². The maximum Gasteiger partial charge on any atom is 0.298 e. The lowest BCUT2D eigenvalue weighted by Crippen LogP contribution is -2.42. The summed E-state index contributed by atoms with van der Waals surface area (Å²) in [5, 5.41) is -0.400. The van der Waals surface area contributed by atoms with E-state index in [9.17, 15) is 12.8 Å². The molecule has 1 aliphatic rings. The van der Waals surface area contributed by atoms with E-state index in [4.69, 9.17) is 4.42 Å². The van der Waals surface area contributed by atoms with Crippen molar-refractivity contribution >= 4 is 27.0 Å². The van der Waals surface area contributed by atoms with E-state index in [0.717, 1.165) is 6.42 Å². The number of fused-ring (bicyclic) bond motifs is 1. The minimum absolute atomic E-state index is 0.360. The first-order valence-electron chi connectivity index (χ1n) is 6.43. The van der Waals surface area contributed by atoms with Crippen LogP contribution in [0.4, 0.5) is 10.4 Å². The lowest BCUT2D eigenvalue weighted by Gasteiger charge is -2.30. The summed E-state index contributed by atoms with van der Waals surface area (Å²) < 4.78 is 42.0. The van der Waals surface area contributed by atoms with Crippen LogP contribution >= 0.6 is 0 Å². The molecule has 1 aromatic heterocycles. The van der Waals surface area contributed by atoms with E-state index in [1.54, 1.807) is 0 Å². The van der Waals surface area contributed by atoms with Crippen LogP contribution in [0.1, 0.15) is 12.8 Å². The summed E-state index contributed by atoms with van der Waals surface area (Å²) in [7, 11) is -3.07. The molecule has 108 valence electrons. The largest absolute Gasteiger partial charge is 0.423 e. The lowest BCUT2D eigenvalue weighted by atomic mass is 10.1. The van der Waals surface area contributed by atoms with E-state index in [1.807, 2.05) is 4.90 Å². The first-order valence-corrected chi connectivity index (χ1v) is 8.39. The van der Waals surface area contributed by atoms with Gasteiger partial charge in [-0.1, -0.05) is 0 Å². The molecule has 20 heavy (non-hydrogen) atoms. The summed E-state index contributed by atoms with van der Waals surface area (Å²) in [5.41, 5.74) is 0.948. The number of nitrogens with zero attached hydrogens (tertiary/aromatic N) is 2. The van der Waals surface area contributed by atoms with Gasteiger partial charge in [0.05, 0.1) is 5.25 Å². The molecule has 5 nitrogen and oxygen atoms in total. The molecule has 1 atom stereocenters. The van der Waals surface area contributed by atoms with Crippen LogP contribution in [-0.2, 0) is 9.84 Å². The Morgan fingerprint density at radius 1 is 1.45 bits per heavy atom. The summed E-state index contributed by atoms with van der Waals surface area (Å²) in [6, 6.07) is 4.51. The van der Waals surface area contributed by atoms with Crippen molar-refractivity contribution in [2.24, 2.45) is 0 Å². The number of rotatable bonds is 2. The predicted molar refractivity (Wildman–Crippen MR) is 74.0 cm³/mol. The molecule has 7 heteroatoms. The molecular weight excluding hydrogens is 283 g/mol. The Kier molecular flexibility index (Phi) is 3.16. The van der Waals surface area contributed by atoms with Crippen molar-refractivity contribution in [2.45, 2.75) is 18.1 Å². The van der Waals surface area contributed by atoms with Crippen molar-refractivity contribution in [2.75, 3.05) is 24.2 Å². The minimum Gasteiger partial charge on any atom is -0.423 e. The molecule has 0 spiro atoms. The van der Waals surface area contributed by atoms with E-state index in [1.165, 1.54) is 24.5 Å². The fourth-order valence-corrected chi connectivity index (χ4v) is 3.53. The zero-order valence-corrected chi connectivity index (χ0v) is 11.9. The summed E-state index contributed by atoms with van der Waals surface area (Å²) in [6.45, 7) is 1.06. The highest BCUT2D eigenvalue weighted by atomic mass is 32.2. The van der Waals surface area contributed by atoms with Crippen molar-refractivity contribution in [1.29, 1.82) is 0 Å². The molecule has 0 unspecified atom stereocenters. The van der Waals surface area contributed by atoms with Gasteiger partial charge < -0.3 is 9.32 Å². The highest BCUT2D eigenvalue weighted by Crippen LogP contribution is 2.26. The van der Waals surface area contributed by atoms with Gasteiger partial charge in [-0.25, -0.2) is 12.8 Å². The summed E-state index contributed by atoms with van der Waals surface area (Å²) in [6.07, 6.45) is 2.68. The summed E-state index contributed by atoms with van der Waals surface area (Å²) in [4.78, 5) is 6.05. The molecule has 2 heterocycles. The standard InChI is InChI=1S/C13H15FN2O3S/c1-20(17,18)10-3-2-6-16(8-10)13-15-11-7-9(14)4-5-12(11)19-13/h4-5,7,10H,2-3,6,8H2,1H3/t10-/m0/s1. The van der Waals surface area contributed by atoms with Crippen molar-refractivity contribution in [3.63, 3.8) is 0 Å². The molecular formula is C13H15FN2O3S. The molecule has 0 radical (unpaired) electrons. The molecule has 1 saturated heterocycles. The molecule has 0 saturated carbocycles. The number of oxazole rings is 1. The second-order valence-electron chi connectivity index (χ2n) is 5.15. The molecule has 3 rings (SSSR count). The Morgan fingerprint density at radius 3 is 3.00 bits per heavy atom. The first kappa shape index (κ1) is 13.4. The number of hydrogen-bond acceptors (Lipinski definition) is 5. The third kappa shape index (κ3) is 2.49. The van der Waals surface area contributed by atoms with Gasteiger partial charge in [-0.2, -0.15) is 4.98 Å². The van der Waals surface area contributed by atoms with Crippen molar-refractivity contribution in [1.82, 2.24) is 4.98 Å². The van der Waals surface area contributed by atoms with E-state index < -0.39 is 15.1 Å². The number of aromatic nitrogens is 1. The van der Waals surface area contributed by atoms with Crippen LogP contribution in [0.5, 0.6) is 0 Å². The molecule has 0 N–H and O–H groups in total. The quantitative estimate of drug-likeness (QED) is 0.848.